The molecule has 6 aromatic carbocycles. The maximum Gasteiger partial charge on any atom is 0.143 e. The summed E-state index contributed by atoms with van der Waals surface area (Å²) in [5.74, 6) is 1.23. The van der Waals surface area contributed by atoms with Crippen molar-refractivity contribution in [3.8, 4) is 22.6 Å². The van der Waals surface area contributed by atoms with E-state index in [1.807, 2.05) is 97.1 Å². The summed E-state index contributed by atoms with van der Waals surface area (Å²) in [6, 6.07) is 38.6. The van der Waals surface area contributed by atoms with Gasteiger partial charge in [0.05, 0.1) is 12.5 Å². The number of ether oxygens (including phenoxy) is 2. The lowest BCUT2D eigenvalue weighted by molar-refractivity contribution is -0.270. The zero-order valence-electron chi connectivity index (χ0n) is 23.8. The first-order valence-corrected chi connectivity index (χ1v) is 14.1. The highest BCUT2D eigenvalue weighted by molar-refractivity contribution is 6.08. The first-order valence-electron chi connectivity index (χ1n) is 14.1. The van der Waals surface area contributed by atoms with Crippen LogP contribution in [0.25, 0.3) is 32.7 Å². The van der Waals surface area contributed by atoms with E-state index in [0.29, 0.717) is 11.5 Å². The first kappa shape index (κ1) is 28.9. The molecule has 6 nitrogen and oxygen atoms in total. The highest BCUT2D eigenvalue weighted by Crippen LogP contribution is 2.46. The van der Waals surface area contributed by atoms with E-state index in [4.69, 9.17) is 19.2 Å². The van der Waals surface area contributed by atoms with Crippen LogP contribution < -0.4 is 9.47 Å². The van der Waals surface area contributed by atoms with Gasteiger partial charge in [0, 0.05) is 0 Å². The fraction of sp³-hybridized carbons (Fsp3) is 0.0526. The number of fused-ring (bicyclic) bond motifs is 2. The Morgan fingerprint density at radius 2 is 0.864 bits per heavy atom. The Labute approximate surface area is 255 Å². The SMILES string of the molecule is C=COc1ccc(C(OO)c2ccc3ccccc3c2-c2c(C(OO)c3ccc(OC=C)cc3)ccc3ccccc23)cc1. The molecule has 2 N–H and O–H groups in total. The quantitative estimate of drug-likeness (QED) is 0.0899. The Balaban J connectivity index is 1.64. The normalized spacial score (nSPS) is 12.5. The highest BCUT2D eigenvalue weighted by Gasteiger charge is 2.28. The van der Waals surface area contributed by atoms with E-state index in [-0.39, 0.29) is 0 Å². The lowest BCUT2D eigenvalue weighted by Crippen LogP contribution is -2.10. The summed E-state index contributed by atoms with van der Waals surface area (Å²) in [5.41, 5.74) is 4.58. The van der Waals surface area contributed by atoms with Crippen LogP contribution in [0.4, 0.5) is 0 Å². The molecule has 0 saturated heterocycles. The molecule has 6 rings (SSSR count). The summed E-state index contributed by atoms with van der Waals surface area (Å²) in [6.07, 6.45) is 1.03. The molecular weight excluding hydrogens is 552 g/mol. The van der Waals surface area contributed by atoms with Crippen LogP contribution in [0.5, 0.6) is 11.5 Å². The summed E-state index contributed by atoms with van der Waals surface area (Å²) in [7, 11) is 0. The van der Waals surface area contributed by atoms with E-state index in [0.717, 1.165) is 54.9 Å². The molecule has 6 aromatic rings. The van der Waals surface area contributed by atoms with Crippen LogP contribution in [-0.2, 0) is 9.78 Å². The van der Waals surface area contributed by atoms with Crippen LogP contribution in [0.2, 0.25) is 0 Å². The van der Waals surface area contributed by atoms with Gasteiger partial charge in [-0.2, -0.15) is 0 Å². The monoisotopic (exact) mass is 582 g/mol. The molecule has 0 spiro atoms. The van der Waals surface area contributed by atoms with Crippen LogP contribution in [0.15, 0.2) is 147 Å². The smallest absolute Gasteiger partial charge is 0.143 e. The van der Waals surface area contributed by atoms with Gasteiger partial charge < -0.3 is 9.47 Å². The lowest BCUT2D eigenvalue weighted by Gasteiger charge is -2.25. The number of benzene rings is 6. The second kappa shape index (κ2) is 13.0. The molecule has 0 fully saturated rings. The largest absolute Gasteiger partial charge is 0.466 e. The van der Waals surface area contributed by atoms with Crippen molar-refractivity contribution in [1.82, 2.24) is 0 Å². The summed E-state index contributed by atoms with van der Waals surface area (Å²) in [5, 5.41) is 24.7. The minimum absolute atomic E-state index is 0.614. The molecule has 0 aromatic heterocycles. The zero-order chi connectivity index (χ0) is 30.5. The first-order chi connectivity index (χ1) is 21.7. The maximum absolute atomic E-state index is 10.4. The van der Waals surface area contributed by atoms with Crippen molar-refractivity contribution >= 4 is 21.5 Å². The fourth-order valence-electron chi connectivity index (χ4n) is 5.80. The number of rotatable bonds is 11. The molecule has 0 heterocycles. The van der Waals surface area contributed by atoms with Gasteiger partial charge in [0.2, 0.25) is 0 Å². The Kier molecular flexibility index (Phi) is 8.50. The maximum atomic E-state index is 10.4. The van der Waals surface area contributed by atoms with Crippen molar-refractivity contribution in [1.29, 1.82) is 0 Å². The van der Waals surface area contributed by atoms with Gasteiger partial charge in [-0.3, -0.25) is 10.5 Å². The molecule has 218 valence electrons. The predicted molar refractivity (Wildman–Crippen MR) is 173 cm³/mol. The third-order valence-corrected chi connectivity index (χ3v) is 7.75. The Morgan fingerprint density at radius 1 is 0.477 bits per heavy atom. The van der Waals surface area contributed by atoms with E-state index in [1.165, 1.54) is 12.5 Å². The molecule has 0 amide bonds. The van der Waals surface area contributed by atoms with Crippen LogP contribution in [0.3, 0.4) is 0 Å². The second-order valence-corrected chi connectivity index (χ2v) is 10.2. The van der Waals surface area contributed by atoms with E-state index in [9.17, 15) is 10.5 Å². The fourth-order valence-corrected chi connectivity index (χ4v) is 5.80. The predicted octanol–water partition coefficient (Wildman–Crippen LogP) is 9.86. The van der Waals surface area contributed by atoms with E-state index < -0.39 is 12.2 Å². The molecular formula is C38H30O6. The summed E-state index contributed by atoms with van der Waals surface area (Å²) in [6.45, 7) is 7.23. The van der Waals surface area contributed by atoms with Gasteiger partial charge in [0.25, 0.3) is 0 Å². The van der Waals surface area contributed by atoms with Crippen molar-refractivity contribution in [2.75, 3.05) is 0 Å². The molecule has 0 radical (unpaired) electrons. The standard InChI is InChI=1S/C38H30O6/c1-3-41-29-19-13-27(14-20-29)37(43-39)33-23-17-25-9-5-7-11-31(25)35(33)36-32-12-8-6-10-26(32)18-24-34(36)38(44-40)28-15-21-30(22-16-28)42-4-2/h3-24,37-40H,1-2H2. The molecule has 6 heteroatoms. The van der Waals surface area contributed by atoms with Gasteiger partial charge in [-0.15, -0.1) is 0 Å². The lowest BCUT2D eigenvalue weighted by atomic mass is 9.82. The molecule has 2 atom stereocenters. The minimum atomic E-state index is -0.844. The molecule has 44 heavy (non-hydrogen) atoms. The van der Waals surface area contributed by atoms with E-state index in [2.05, 4.69) is 13.2 Å². The van der Waals surface area contributed by atoms with Crippen LogP contribution in [-0.4, -0.2) is 10.5 Å². The van der Waals surface area contributed by atoms with Crippen molar-refractivity contribution < 1.29 is 29.8 Å². The van der Waals surface area contributed by atoms with Crippen molar-refractivity contribution in [3.05, 3.63) is 169 Å². The van der Waals surface area contributed by atoms with Gasteiger partial charge in [0.15, 0.2) is 0 Å². The van der Waals surface area contributed by atoms with Gasteiger partial charge in [-0.1, -0.05) is 110 Å². The van der Waals surface area contributed by atoms with Crippen LogP contribution in [0, 0.1) is 0 Å². The Bertz CT molecular complexity index is 1790. The van der Waals surface area contributed by atoms with Gasteiger partial charge in [-0.05, 0) is 79.2 Å². The second-order valence-electron chi connectivity index (χ2n) is 10.2. The summed E-state index contributed by atoms with van der Waals surface area (Å²) in [4.78, 5) is 10.5. The average molecular weight is 583 g/mol. The molecule has 0 aliphatic rings. The van der Waals surface area contributed by atoms with Gasteiger partial charge >= 0.3 is 0 Å². The van der Waals surface area contributed by atoms with Crippen LogP contribution in [0.1, 0.15) is 34.5 Å². The van der Waals surface area contributed by atoms with E-state index in [1.54, 1.807) is 24.3 Å². The summed E-state index contributed by atoms with van der Waals surface area (Å²) < 4.78 is 10.8. The Morgan fingerprint density at radius 3 is 1.23 bits per heavy atom. The van der Waals surface area contributed by atoms with Crippen molar-refractivity contribution in [3.63, 3.8) is 0 Å². The molecule has 0 saturated carbocycles. The average Bonchev–Trinajstić information content (AvgIpc) is 3.07. The van der Waals surface area contributed by atoms with Gasteiger partial charge in [0.1, 0.15) is 23.7 Å². The molecule has 0 aliphatic carbocycles. The molecule has 0 bridgehead atoms. The third kappa shape index (κ3) is 5.46. The van der Waals surface area contributed by atoms with Gasteiger partial charge in [-0.25, -0.2) is 9.78 Å². The van der Waals surface area contributed by atoms with Crippen molar-refractivity contribution in [2.24, 2.45) is 0 Å². The molecule has 2 unspecified atom stereocenters. The summed E-state index contributed by atoms with van der Waals surface area (Å²) >= 11 is 0. The Hall–Kier alpha value is -5.24. The minimum Gasteiger partial charge on any atom is -0.466 e. The van der Waals surface area contributed by atoms with Crippen molar-refractivity contribution in [2.45, 2.75) is 12.2 Å². The third-order valence-electron chi connectivity index (χ3n) is 7.75. The number of hydrogen-bond acceptors (Lipinski definition) is 6. The zero-order valence-corrected chi connectivity index (χ0v) is 23.8. The topological polar surface area (TPSA) is 77.4 Å². The van der Waals surface area contributed by atoms with Crippen LogP contribution >= 0.6 is 0 Å². The molecule has 0 aliphatic heterocycles. The highest BCUT2D eigenvalue weighted by atomic mass is 17.1. The number of hydrogen-bond donors (Lipinski definition) is 2. The van der Waals surface area contributed by atoms with E-state index >= 15 is 0 Å².